The molecule has 4 rings (SSSR count). The fraction of sp³-hybridized carbons (Fsp3) is 0.217. The van der Waals surface area contributed by atoms with Crippen LogP contribution in [0.15, 0.2) is 66.7 Å². The summed E-state index contributed by atoms with van der Waals surface area (Å²) >= 11 is 0. The van der Waals surface area contributed by atoms with E-state index in [4.69, 9.17) is 20.0 Å². The maximum atomic E-state index is 13.3. The lowest BCUT2D eigenvalue weighted by Crippen LogP contribution is -2.38. The van der Waals surface area contributed by atoms with E-state index in [9.17, 15) is 4.39 Å². The van der Waals surface area contributed by atoms with Crippen LogP contribution in [0.5, 0.6) is 11.5 Å². The van der Waals surface area contributed by atoms with Crippen molar-refractivity contribution in [1.29, 1.82) is 0 Å². The number of hydrogen-bond donors (Lipinski definition) is 1. The number of hydrazine groups is 1. The van der Waals surface area contributed by atoms with Crippen LogP contribution in [0.4, 0.5) is 15.8 Å². The Balaban J connectivity index is 1.43. The first-order valence-corrected chi connectivity index (χ1v) is 9.70. The predicted octanol–water partition coefficient (Wildman–Crippen LogP) is 4.16. The minimum Gasteiger partial charge on any atom is -0.497 e. The molecule has 0 amide bonds. The van der Waals surface area contributed by atoms with Gasteiger partial charge < -0.3 is 15.2 Å². The van der Waals surface area contributed by atoms with Gasteiger partial charge in [0.2, 0.25) is 0 Å². The first-order valence-electron chi connectivity index (χ1n) is 9.70. The molecule has 0 atom stereocenters. The summed E-state index contributed by atoms with van der Waals surface area (Å²) in [6.07, 6.45) is 0. The van der Waals surface area contributed by atoms with Crippen LogP contribution in [0.3, 0.4) is 0 Å². The third-order valence-electron chi connectivity index (χ3n) is 4.86. The van der Waals surface area contributed by atoms with E-state index in [0.717, 1.165) is 28.3 Å². The maximum Gasteiger partial charge on any atom is 0.123 e. The van der Waals surface area contributed by atoms with Gasteiger partial charge in [-0.2, -0.15) is 0 Å². The molecule has 0 radical (unpaired) electrons. The van der Waals surface area contributed by atoms with Gasteiger partial charge in [0, 0.05) is 5.69 Å². The number of methoxy groups -OCH3 is 1. The first kappa shape index (κ1) is 20.0. The summed E-state index contributed by atoms with van der Waals surface area (Å²) < 4.78 is 24.3. The third-order valence-corrected chi connectivity index (χ3v) is 4.86. The van der Waals surface area contributed by atoms with Gasteiger partial charge in [-0.15, -0.1) is 0 Å². The molecule has 0 aliphatic carbocycles. The summed E-state index contributed by atoms with van der Waals surface area (Å²) in [6, 6.07) is 19.7. The average Bonchev–Trinajstić information content (AvgIpc) is 3.10. The molecule has 1 heterocycles. The summed E-state index contributed by atoms with van der Waals surface area (Å²) in [6.45, 7) is 1.90. The standard InChI is InChI=1S/C23H24FN3O3/c1-28-22-10-11-23-18(14-22)16-27(26(23)15-17-2-4-19(24)5-3-17)30-13-12-29-21-8-6-20(25)7-9-21/h2-11,14H,12-13,15-16,25H2,1H3. The first-order chi connectivity index (χ1) is 14.6. The molecular weight excluding hydrogens is 385 g/mol. The number of hydroxylamine groups is 1. The summed E-state index contributed by atoms with van der Waals surface area (Å²) in [5.74, 6) is 1.28. The second-order valence-electron chi connectivity index (χ2n) is 6.94. The van der Waals surface area contributed by atoms with Crippen molar-refractivity contribution in [2.24, 2.45) is 0 Å². The van der Waals surface area contributed by atoms with E-state index in [2.05, 4.69) is 0 Å². The number of rotatable bonds is 8. The van der Waals surface area contributed by atoms with E-state index in [1.165, 1.54) is 12.1 Å². The number of anilines is 2. The number of nitrogens with two attached hydrogens (primary N) is 1. The zero-order chi connectivity index (χ0) is 20.9. The molecule has 0 saturated heterocycles. The Morgan fingerprint density at radius 1 is 0.933 bits per heavy atom. The predicted molar refractivity (Wildman–Crippen MR) is 113 cm³/mol. The van der Waals surface area contributed by atoms with E-state index in [0.29, 0.717) is 32.0 Å². The Labute approximate surface area is 175 Å². The van der Waals surface area contributed by atoms with E-state index in [1.54, 1.807) is 36.5 Å². The fourth-order valence-electron chi connectivity index (χ4n) is 3.33. The zero-order valence-electron chi connectivity index (χ0n) is 16.8. The van der Waals surface area contributed by atoms with Crippen molar-refractivity contribution in [3.63, 3.8) is 0 Å². The average molecular weight is 409 g/mol. The highest BCUT2D eigenvalue weighted by molar-refractivity contribution is 5.58. The van der Waals surface area contributed by atoms with E-state index < -0.39 is 0 Å². The SMILES string of the molecule is COc1ccc2c(c1)CN(OCCOc1ccc(N)cc1)N2Cc1ccc(F)cc1. The number of ether oxygens (including phenoxy) is 2. The Morgan fingerprint density at radius 2 is 1.67 bits per heavy atom. The van der Waals surface area contributed by atoms with Crippen LogP contribution in [0.2, 0.25) is 0 Å². The normalized spacial score (nSPS) is 13.3. The number of fused-ring (bicyclic) bond motifs is 1. The van der Waals surface area contributed by atoms with Crippen molar-refractivity contribution in [3.8, 4) is 11.5 Å². The largest absolute Gasteiger partial charge is 0.497 e. The smallest absolute Gasteiger partial charge is 0.123 e. The monoisotopic (exact) mass is 409 g/mol. The van der Waals surface area contributed by atoms with Crippen molar-refractivity contribution in [1.82, 2.24) is 5.17 Å². The van der Waals surface area contributed by atoms with Crippen molar-refractivity contribution < 1.29 is 18.7 Å². The molecule has 30 heavy (non-hydrogen) atoms. The molecule has 3 aromatic carbocycles. The third kappa shape index (κ3) is 4.64. The number of halogens is 1. The molecule has 0 unspecified atom stereocenters. The minimum absolute atomic E-state index is 0.252. The van der Waals surface area contributed by atoms with Gasteiger partial charge in [-0.25, -0.2) is 4.39 Å². The fourth-order valence-corrected chi connectivity index (χ4v) is 3.33. The highest BCUT2D eigenvalue weighted by Gasteiger charge is 2.28. The molecule has 0 spiro atoms. The lowest BCUT2D eigenvalue weighted by atomic mass is 10.1. The van der Waals surface area contributed by atoms with Gasteiger partial charge in [-0.05, 0) is 65.7 Å². The molecule has 0 aromatic heterocycles. The Kier molecular flexibility index (Phi) is 6.02. The molecular formula is C23H24FN3O3. The van der Waals surface area contributed by atoms with Gasteiger partial charge in [-0.3, -0.25) is 9.85 Å². The molecule has 7 heteroatoms. The summed E-state index contributed by atoms with van der Waals surface area (Å²) in [5, 5.41) is 3.84. The van der Waals surface area contributed by atoms with E-state index >= 15 is 0 Å². The zero-order valence-corrected chi connectivity index (χ0v) is 16.8. The Morgan fingerprint density at radius 3 is 2.40 bits per heavy atom. The summed E-state index contributed by atoms with van der Waals surface area (Å²) in [5.41, 5.74) is 9.49. The van der Waals surface area contributed by atoms with Gasteiger partial charge in [0.05, 0.1) is 25.9 Å². The molecule has 2 N–H and O–H groups in total. The van der Waals surface area contributed by atoms with Crippen LogP contribution in [0, 0.1) is 5.82 Å². The second kappa shape index (κ2) is 9.02. The van der Waals surface area contributed by atoms with Crippen molar-refractivity contribution in [2.45, 2.75) is 13.1 Å². The molecule has 1 aliphatic heterocycles. The number of hydrogen-bond acceptors (Lipinski definition) is 6. The van der Waals surface area contributed by atoms with E-state index in [1.807, 2.05) is 35.3 Å². The lowest BCUT2D eigenvalue weighted by molar-refractivity contribution is -0.174. The Bertz CT molecular complexity index is 980. The van der Waals surface area contributed by atoms with Crippen LogP contribution >= 0.6 is 0 Å². The van der Waals surface area contributed by atoms with Gasteiger partial charge in [-0.1, -0.05) is 17.3 Å². The number of benzene rings is 3. The van der Waals surface area contributed by atoms with Gasteiger partial charge in [0.1, 0.15) is 30.5 Å². The van der Waals surface area contributed by atoms with Crippen molar-refractivity contribution in [3.05, 3.63) is 83.7 Å². The van der Waals surface area contributed by atoms with Gasteiger partial charge in [0.25, 0.3) is 0 Å². The van der Waals surface area contributed by atoms with Crippen LogP contribution in [-0.2, 0) is 17.9 Å². The Hall–Kier alpha value is -3.29. The molecule has 156 valence electrons. The highest BCUT2D eigenvalue weighted by Crippen LogP contribution is 2.35. The number of nitrogens with zero attached hydrogens (tertiary/aromatic N) is 2. The van der Waals surface area contributed by atoms with Crippen LogP contribution in [0.1, 0.15) is 11.1 Å². The van der Waals surface area contributed by atoms with Gasteiger partial charge in [0.15, 0.2) is 0 Å². The lowest BCUT2D eigenvalue weighted by Gasteiger charge is -2.29. The van der Waals surface area contributed by atoms with Crippen molar-refractivity contribution >= 4 is 11.4 Å². The topological polar surface area (TPSA) is 60.2 Å². The molecule has 6 nitrogen and oxygen atoms in total. The van der Waals surface area contributed by atoms with Crippen LogP contribution in [0.25, 0.3) is 0 Å². The molecule has 3 aromatic rings. The van der Waals surface area contributed by atoms with Crippen molar-refractivity contribution in [2.75, 3.05) is 31.1 Å². The van der Waals surface area contributed by atoms with Crippen LogP contribution in [-0.4, -0.2) is 25.5 Å². The summed E-state index contributed by atoms with van der Waals surface area (Å²) in [4.78, 5) is 6.01. The van der Waals surface area contributed by atoms with Gasteiger partial charge >= 0.3 is 0 Å². The van der Waals surface area contributed by atoms with E-state index in [-0.39, 0.29) is 5.82 Å². The second-order valence-corrected chi connectivity index (χ2v) is 6.94. The molecule has 0 saturated carbocycles. The number of nitrogen functional groups attached to an aromatic ring is 1. The highest BCUT2D eigenvalue weighted by atomic mass is 19.1. The minimum atomic E-state index is -0.252. The molecule has 1 aliphatic rings. The maximum absolute atomic E-state index is 13.3. The molecule has 0 bridgehead atoms. The quantitative estimate of drug-likeness (QED) is 0.445. The van der Waals surface area contributed by atoms with Crippen LogP contribution < -0.4 is 20.2 Å². The summed E-state index contributed by atoms with van der Waals surface area (Å²) in [7, 11) is 1.65. The molecule has 0 fully saturated rings.